The highest BCUT2D eigenvalue weighted by Gasteiger charge is 2.37. The van der Waals surface area contributed by atoms with Crippen molar-refractivity contribution in [3.8, 4) is 0 Å². The minimum absolute atomic E-state index is 0.0259. The molecule has 0 radical (unpaired) electrons. The van der Waals surface area contributed by atoms with Crippen LogP contribution in [0.15, 0.2) is 40.1 Å². The van der Waals surface area contributed by atoms with Gasteiger partial charge in [0.1, 0.15) is 6.10 Å². The molecule has 110 valence electrons. The molecule has 0 saturated heterocycles. The van der Waals surface area contributed by atoms with E-state index in [1.807, 2.05) is 20.8 Å². The van der Waals surface area contributed by atoms with E-state index in [0.29, 0.717) is 0 Å². The van der Waals surface area contributed by atoms with E-state index >= 15 is 0 Å². The first-order valence-electron chi connectivity index (χ1n) is 6.66. The molecule has 0 unspecified atom stereocenters. The molecule has 5 heteroatoms. The predicted molar refractivity (Wildman–Crippen MR) is 77.0 cm³/mol. The first-order valence-corrected chi connectivity index (χ1v) is 8.14. The van der Waals surface area contributed by atoms with E-state index in [2.05, 4.69) is 0 Å². The summed E-state index contributed by atoms with van der Waals surface area (Å²) in [5, 5.41) is 9.19. The second-order valence-electron chi connectivity index (χ2n) is 5.41. The summed E-state index contributed by atoms with van der Waals surface area (Å²) in [4.78, 5) is 0.526. The summed E-state index contributed by atoms with van der Waals surface area (Å²) in [5.41, 5.74) is 1.01. The van der Waals surface area contributed by atoms with Crippen LogP contribution in [-0.2, 0) is 14.6 Å². The van der Waals surface area contributed by atoms with Gasteiger partial charge in [0.15, 0.2) is 0 Å². The van der Waals surface area contributed by atoms with E-state index in [-0.39, 0.29) is 22.3 Å². The topological polar surface area (TPSA) is 63.6 Å². The molecule has 1 aliphatic rings. The lowest BCUT2D eigenvalue weighted by Crippen LogP contribution is -2.25. The fourth-order valence-corrected chi connectivity index (χ4v) is 3.98. The van der Waals surface area contributed by atoms with Crippen LogP contribution in [0.4, 0.5) is 0 Å². The molecule has 1 aliphatic heterocycles. The maximum Gasteiger partial charge on any atom is 0.205 e. The zero-order valence-corrected chi connectivity index (χ0v) is 12.7. The van der Waals surface area contributed by atoms with Crippen LogP contribution < -0.4 is 0 Å². The van der Waals surface area contributed by atoms with Crippen molar-refractivity contribution < 1.29 is 18.3 Å². The van der Waals surface area contributed by atoms with Crippen molar-refractivity contribution >= 4 is 9.84 Å². The average Bonchev–Trinajstić information content (AvgIpc) is 2.84. The minimum atomic E-state index is -3.57. The Bertz CT molecular complexity index is 599. The van der Waals surface area contributed by atoms with Gasteiger partial charge in [0.25, 0.3) is 0 Å². The standard InChI is InChI=1S/C15H20O4S/c1-10(2)15-14(8-12(9-16)19-15)20(17,18)13-6-4-11(3)5-7-13/h4-8,10,12,15-16H,9H2,1-3H3/t12-,15-/m0/s1. The molecular formula is C15H20O4S. The molecule has 0 fully saturated rings. The molecule has 0 spiro atoms. The number of ether oxygens (including phenoxy) is 1. The minimum Gasteiger partial charge on any atom is -0.393 e. The molecular weight excluding hydrogens is 276 g/mol. The number of rotatable bonds is 4. The van der Waals surface area contributed by atoms with Crippen molar-refractivity contribution in [2.24, 2.45) is 5.92 Å². The average molecular weight is 296 g/mol. The molecule has 2 atom stereocenters. The van der Waals surface area contributed by atoms with Crippen molar-refractivity contribution in [3.63, 3.8) is 0 Å². The van der Waals surface area contributed by atoms with Crippen molar-refractivity contribution in [1.82, 2.24) is 0 Å². The van der Waals surface area contributed by atoms with Crippen LogP contribution in [0.5, 0.6) is 0 Å². The van der Waals surface area contributed by atoms with Crippen LogP contribution in [0.1, 0.15) is 19.4 Å². The predicted octanol–water partition coefficient (Wildman–Crippen LogP) is 2.07. The van der Waals surface area contributed by atoms with Gasteiger partial charge < -0.3 is 9.84 Å². The van der Waals surface area contributed by atoms with Crippen molar-refractivity contribution in [3.05, 3.63) is 40.8 Å². The van der Waals surface area contributed by atoms with Gasteiger partial charge in [0, 0.05) is 0 Å². The van der Waals surface area contributed by atoms with E-state index in [4.69, 9.17) is 4.74 Å². The number of hydrogen-bond acceptors (Lipinski definition) is 4. The van der Waals surface area contributed by atoms with Gasteiger partial charge in [-0.2, -0.15) is 0 Å². The lowest BCUT2D eigenvalue weighted by molar-refractivity contribution is 0.00487. The highest BCUT2D eigenvalue weighted by Crippen LogP contribution is 2.33. The van der Waals surface area contributed by atoms with Gasteiger partial charge in [-0.05, 0) is 31.1 Å². The van der Waals surface area contributed by atoms with Crippen molar-refractivity contribution in [2.45, 2.75) is 37.9 Å². The Morgan fingerprint density at radius 2 is 1.85 bits per heavy atom. The Labute approximate surface area is 120 Å². The number of benzene rings is 1. The first-order chi connectivity index (χ1) is 9.36. The van der Waals surface area contributed by atoms with Gasteiger partial charge in [0.2, 0.25) is 9.84 Å². The second kappa shape index (κ2) is 5.68. The molecule has 0 aliphatic carbocycles. The zero-order chi connectivity index (χ0) is 14.9. The van der Waals surface area contributed by atoms with Gasteiger partial charge in [0.05, 0.1) is 22.5 Å². The van der Waals surface area contributed by atoms with Crippen LogP contribution in [0.3, 0.4) is 0 Å². The number of aliphatic hydroxyl groups is 1. The Morgan fingerprint density at radius 3 is 2.35 bits per heavy atom. The third-order valence-electron chi connectivity index (χ3n) is 3.38. The molecule has 0 saturated carbocycles. The highest BCUT2D eigenvalue weighted by molar-refractivity contribution is 7.95. The fourth-order valence-electron chi connectivity index (χ4n) is 2.25. The number of hydrogen-bond donors (Lipinski definition) is 1. The van der Waals surface area contributed by atoms with Crippen molar-refractivity contribution in [2.75, 3.05) is 6.61 Å². The summed E-state index contributed by atoms with van der Waals surface area (Å²) in [5.74, 6) is 0.0259. The van der Waals surface area contributed by atoms with Gasteiger partial charge in [-0.3, -0.25) is 0 Å². The monoisotopic (exact) mass is 296 g/mol. The number of sulfone groups is 1. The first kappa shape index (κ1) is 15.2. The Morgan fingerprint density at radius 1 is 1.25 bits per heavy atom. The van der Waals surface area contributed by atoms with E-state index in [0.717, 1.165) is 5.56 Å². The van der Waals surface area contributed by atoms with Crippen molar-refractivity contribution in [1.29, 1.82) is 0 Å². The van der Waals surface area contributed by atoms with Crippen LogP contribution in [0.25, 0.3) is 0 Å². The van der Waals surface area contributed by atoms with Crippen LogP contribution in [0, 0.1) is 12.8 Å². The van der Waals surface area contributed by atoms with E-state index in [9.17, 15) is 13.5 Å². The highest BCUT2D eigenvalue weighted by atomic mass is 32.2. The summed E-state index contributed by atoms with van der Waals surface area (Å²) in [6.07, 6.45) is 0.482. The van der Waals surface area contributed by atoms with Crippen LogP contribution >= 0.6 is 0 Å². The molecule has 4 nitrogen and oxygen atoms in total. The third-order valence-corrected chi connectivity index (χ3v) is 5.26. The zero-order valence-electron chi connectivity index (χ0n) is 11.9. The summed E-state index contributed by atoms with van der Waals surface area (Å²) >= 11 is 0. The normalized spacial score (nSPS) is 23.1. The molecule has 1 aromatic rings. The molecule has 0 aromatic heterocycles. The molecule has 0 amide bonds. The lowest BCUT2D eigenvalue weighted by Gasteiger charge is -2.20. The SMILES string of the molecule is Cc1ccc(S(=O)(=O)C2=C[C@@H](CO)O[C@H]2C(C)C)cc1. The third kappa shape index (κ3) is 2.80. The summed E-state index contributed by atoms with van der Waals surface area (Å²) in [6, 6.07) is 6.76. The quantitative estimate of drug-likeness (QED) is 0.924. The molecule has 1 heterocycles. The van der Waals surface area contributed by atoms with Crippen LogP contribution in [-0.4, -0.2) is 32.3 Å². The molecule has 0 bridgehead atoms. The second-order valence-corrected chi connectivity index (χ2v) is 7.36. The summed E-state index contributed by atoms with van der Waals surface area (Å²) in [7, 11) is -3.57. The van der Waals surface area contributed by atoms with E-state index < -0.39 is 22.0 Å². The Hall–Kier alpha value is -1.17. The van der Waals surface area contributed by atoms with Gasteiger partial charge >= 0.3 is 0 Å². The molecule has 1 aromatic carbocycles. The number of aryl methyl sites for hydroxylation is 1. The van der Waals surface area contributed by atoms with Crippen LogP contribution in [0.2, 0.25) is 0 Å². The maximum absolute atomic E-state index is 12.7. The van der Waals surface area contributed by atoms with Gasteiger partial charge in [-0.1, -0.05) is 31.5 Å². The smallest absolute Gasteiger partial charge is 0.205 e. The van der Waals surface area contributed by atoms with E-state index in [1.165, 1.54) is 6.08 Å². The fraction of sp³-hybridized carbons (Fsp3) is 0.467. The van der Waals surface area contributed by atoms with Gasteiger partial charge in [-0.25, -0.2) is 8.42 Å². The largest absolute Gasteiger partial charge is 0.393 e. The molecule has 1 N–H and O–H groups in total. The van der Waals surface area contributed by atoms with E-state index in [1.54, 1.807) is 24.3 Å². The summed E-state index contributed by atoms with van der Waals surface area (Å²) < 4.78 is 31.0. The summed E-state index contributed by atoms with van der Waals surface area (Å²) in [6.45, 7) is 5.51. The molecule has 2 rings (SSSR count). The maximum atomic E-state index is 12.7. The Balaban J connectivity index is 2.43. The Kier molecular flexibility index (Phi) is 4.32. The number of aliphatic hydroxyl groups excluding tert-OH is 1. The molecule has 20 heavy (non-hydrogen) atoms. The lowest BCUT2D eigenvalue weighted by atomic mass is 10.1. The van der Waals surface area contributed by atoms with Gasteiger partial charge in [-0.15, -0.1) is 0 Å².